The van der Waals surface area contributed by atoms with Gasteiger partial charge in [-0.05, 0) is 17.7 Å². The molecule has 0 saturated carbocycles. The molecule has 0 aromatic heterocycles. The van der Waals surface area contributed by atoms with E-state index in [4.69, 9.17) is 23.1 Å². The maximum atomic E-state index is 9.26. The van der Waals surface area contributed by atoms with E-state index in [2.05, 4.69) is 12.1 Å². The van der Waals surface area contributed by atoms with Gasteiger partial charge in [-0.3, -0.25) is 0 Å². The Bertz CT molecular complexity index is 643. The van der Waals surface area contributed by atoms with E-state index in [0.717, 1.165) is 17.3 Å². The van der Waals surface area contributed by atoms with Crippen LogP contribution in [0.5, 0.6) is 0 Å². The Morgan fingerprint density at radius 3 is 2.16 bits per heavy atom. The lowest BCUT2D eigenvalue weighted by Gasteiger charge is -2.23. The molecule has 0 fully saturated rings. The van der Waals surface area contributed by atoms with Gasteiger partial charge in [0.2, 0.25) is 0 Å². The van der Waals surface area contributed by atoms with Crippen LogP contribution < -0.4 is 11.5 Å². The van der Waals surface area contributed by atoms with Gasteiger partial charge in [0, 0.05) is 5.02 Å². The Kier molecular flexibility index (Phi) is 3.71. The molecule has 6 heteroatoms. The lowest BCUT2D eigenvalue weighted by Crippen LogP contribution is -2.18. The number of rotatable bonds is 1. The molecule has 4 N–H and O–H groups in total. The van der Waals surface area contributed by atoms with E-state index in [1.165, 1.54) is 0 Å². The number of thioether (sulfide) groups is 1. The third-order valence-electron chi connectivity index (χ3n) is 2.75. The maximum Gasteiger partial charge on any atom is 0.0985 e. The molecule has 0 atom stereocenters. The summed E-state index contributed by atoms with van der Waals surface area (Å²) in [6.07, 6.45) is 0. The van der Waals surface area contributed by atoms with Crippen molar-refractivity contribution in [2.45, 2.75) is 5.92 Å². The first-order chi connectivity index (χ1) is 9.08. The number of benzene rings is 1. The summed E-state index contributed by atoms with van der Waals surface area (Å²) in [6.45, 7) is 0. The average Bonchev–Trinajstić information content (AvgIpc) is 2.38. The Hall–Kier alpha value is -2.08. The molecule has 1 aromatic rings. The fourth-order valence-electron chi connectivity index (χ4n) is 1.92. The third kappa shape index (κ3) is 2.39. The first-order valence-electron chi connectivity index (χ1n) is 5.31. The molecule has 19 heavy (non-hydrogen) atoms. The van der Waals surface area contributed by atoms with Crippen LogP contribution in [0.3, 0.4) is 0 Å². The Morgan fingerprint density at radius 1 is 1.11 bits per heavy atom. The first-order valence-corrected chi connectivity index (χ1v) is 6.50. The highest BCUT2D eigenvalue weighted by Gasteiger charge is 2.31. The monoisotopic (exact) mass is 288 g/mol. The van der Waals surface area contributed by atoms with Crippen LogP contribution >= 0.6 is 23.4 Å². The van der Waals surface area contributed by atoms with E-state index >= 15 is 0 Å². The lowest BCUT2D eigenvalue weighted by atomic mass is 9.86. The van der Waals surface area contributed by atoms with Crippen molar-refractivity contribution in [2.24, 2.45) is 11.5 Å². The molecule has 0 spiro atoms. The van der Waals surface area contributed by atoms with Gasteiger partial charge in [-0.1, -0.05) is 35.5 Å². The van der Waals surface area contributed by atoms with E-state index in [9.17, 15) is 10.5 Å². The SMILES string of the molecule is N#CC1=C(N)SC(N)=C(C#N)C1c1cccc(Cl)c1. The standard InChI is InChI=1S/C13H9ClN4S/c14-8-3-1-2-7(4-8)11-9(5-15)12(17)19-13(18)10(11)6-16/h1-4,11H,17-18H2. The van der Waals surface area contributed by atoms with Crippen molar-refractivity contribution in [1.29, 1.82) is 10.5 Å². The highest BCUT2D eigenvalue weighted by atomic mass is 35.5. The molecule has 0 aliphatic carbocycles. The molecular weight excluding hydrogens is 280 g/mol. The van der Waals surface area contributed by atoms with Crippen LogP contribution in [0.25, 0.3) is 0 Å². The van der Waals surface area contributed by atoms with Crippen LogP contribution in [0.2, 0.25) is 5.02 Å². The molecule has 1 aromatic carbocycles. The van der Waals surface area contributed by atoms with Crippen molar-refractivity contribution in [3.05, 3.63) is 56.1 Å². The summed E-state index contributed by atoms with van der Waals surface area (Å²) in [4.78, 5) is 0. The van der Waals surface area contributed by atoms with Crippen molar-refractivity contribution >= 4 is 23.4 Å². The van der Waals surface area contributed by atoms with Crippen molar-refractivity contribution in [3.63, 3.8) is 0 Å². The van der Waals surface area contributed by atoms with Crippen LogP contribution in [0.4, 0.5) is 0 Å². The summed E-state index contributed by atoms with van der Waals surface area (Å²) in [5, 5.41) is 19.7. The fraction of sp³-hybridized carbons (Fsp3) is 0.0769. The van der Waals surface area contributed by atoms with Gasteiger partial charge in [-0.15, -0.1) is 0 Å². The normalized spacial score (nSPS) is 16.2. The molecule has 0 bridgehead atoms. The van der Waals surface area contributed by atoms with Crippen LogP contribution in [0.15, 0.2) is 45.5 Å². The second-order valence-corrected chi connectivity index (χ2v) is 5.39. The highest BCUT2D eigenvalue weighted by molar-refractivity contribution is 8.06. The van der Waals surface area contributed by atoms with Gasteiger partial charge in [0.05, 0.1) is 39.3 Å². The zero-order chi connectivity index (χ0) is 14.0. The predicted octanol–water partition coefficient (Wildman–Crippen LogP) is 2.56. The minimum absolute atomic E-state index is 0.323. The van der Waals surface area contributed by atoms with Crippen molar-refractivity contribution in [3.8, 4) is 12.1 Å². The van der Waals surface area contributed by atoms with E-state index < -0.39 is 5.92 Å². The summed E-state index contributed by atoms with van der Waals surface area (Å²) >= 11 is 7.00. The lowest BCUT2D eigenvalue weighted by molar-refractivity contribution is 0.958. The molecular formula is C13H9ClN4S. The fourth-order valence-corrected chi connectivity index (χ4v) is 2.90. The van der Waals surface area contributed by atoms with E-state index in [1.807, 2.05) is 0 Å². The Labute approximate surface area is 119 Å². The van der Waals surface area contributed by atoms with E-state index in [0.29, 0.717) is 26.2 Å². The zero-order valence-corrected chi connectivity index (χ0v) is 11.3. The number of allylic oxidation sites excluding steroid dienone is 2. The topological polar surface area (TPSA) is 99.6 Å². The third-order valence-corrected chi connectivity index (χ3v) is 3.87. The quantitative estimate of drug-likeness (QED) is 0.827. The Morgan fingerprint density at radius 2 is 1.68 bits per heavy atom. The minimum Gasteiger partial charge on any atom is -0.392 e. The van der Waals surface area contributed by atoms with Crippen LogP contribution in [0, 0.1) is 22.7 Å². The van der Waals surface area contributed by atoms with Gasteiger partial charge in [0.25, 0.3) is 0 Å². The second kappa shape index (κ2) is 5.27. The number of halogens is 1. The number of hydrogen-bond donors (Lipinski definition) is 2. The molecule has 0 amide bonds. The number of nitrogens with two attached hydrogens (primary N) is 2. The van der Waals surface area contributed by atoms with Crippen molar-refractivity contribution in [2.75, 3.05) is 0 Å². The van der Waals surface area contributed by atoms with Crippen molar-refractivity contribution in [1.82, 2.24) is 0 Å². The summed E-state index contributed by atoms with van der Waals surface area (Å²) in [5.41, 5.74) is 13.0. The summed E-state index contributed by atoms with van der Waals surface area (Å²) in [6, 6.07) is 11.1. The number of hydrogen-bond acceptors (Lipinski definition) is 5. The van der Waals surface area contributed by atoms with Crippen LogP contribution in [0.1, 0.15) is 11.5 Å². The Balaban J connectivity index is 2.65. The van der Waals surface area contributed by atoms with Gasteiger partial charge in [-0.25, -0.2) is 0 Å². The zero-order valence-electron chi connectivity index (χ0n) is 9.72. The molecule has 94 valence electrons. The van der Waals surface area contributed by atoms with Gasteiger partial charge in [-0.2, -0.15) is 10.5 Å². The molecule has 2 rings (SSSR count). The molecule has 1 aliphatic heterocycles. The number of nitriles is 2. The minimum atomic E-state index is -0.546. The molecule has 0 unspecified atom stereocenters. The van der Waals surface area contributed by atoms with Gasteiger partial charge < -0.3 is 11.5 Å². The predicted molar refractivity (Wildman–Crippen MR) is 75.4 cm³/mol. The highest BCUT2D eigenvalue weighted by Crippen LogP contribution is 2.43. The molecule has 1 aliphatic rings. The van der Waals surface area contributed by atoms with Crippen LogP contribution in [-0.2, 0) is 0 Å². The molecule has 4 nitrogen and oxygen atoms in total. The summed E-state index contributed by atoms with van der Waals surface area (Å²) in [5.74, 6) is -0.546. The molecule has 1 heterocycles. The number of nitrogens with zero attached hydrogens (tertiary/aromatic N) is 2. The summed E-state index contributed by atoms with van der Waals surface area (Å²) < 4.78 is 0. The maximum absolute atomic E-state index is 9.26. The van der Waals surface area contributed by atoms with Gasteiger partial charge >= 0.3 is 0 Å². The largest absolute Gasteiger partial charge is 0.392 e. The molecule has 0 radical (unpaired) electrons. The summed E-state index contributed by atoms with van der Waals surface area (Å²) in [7, 11) is 0. The van der Waals surface area contributed by atoms with E-state index in [1.54, 1.807) is 24.3 Å². The smallest absolute Gasteiger partial charge is 0.0985 e. The average molecular weight is 289 g/mol. The first kappa shape index (κ1) is 13.4. The second-order valence-electron chi connectivity index (χ2n) is 3.87. The van der Waals surface area contributed by atoms with Gasteiger partial charge in [0.15, 0.2) is 0 Å². The van der Waals surface area contributed by atoms with Crippen LogP contribution in [-0.4, -0.2) is 0 Å². The molecule has 0 saturated heterocycles. The van der Waals surface area contributed by atoms with E-state index in [-0.39, 0.29) is 0 Å². The van der Waals surface area contributed by atoms with Gasteiger partial charge in [0.1, 0.15) is 0 Å². The van der Waals surface area contributed by atoms with Crippen molar-refractivity contribution < 1.29 is 0 Å².